The molecule has 0 unspecified atom stereocenters. The molecule has 0 amide bonds. The van der Waals surface area contributed by atoms with Crippen LogP contribution in [0.4, 0.5) is 8.78 Å². The third-order valence-corrected chi connectivity index (χ3v) is 4.75. The van der Waals surface area contributed by atoms with E-state index >= 15 is 0 Å². The standard InChI is InChI=1S/C14H20F2N2O2S/c1-5-8-18(4)21(19,20)13-7-6-12(15)11(14(13)16)9-17-10(2)3/h5-7,10,17H,1,8-9H2,2-4H3. The molecule has 0 aliphatic heterocycles. The van der Waals surface area contributed by atoms with Gasteiger partial charge >= 0.3 is 0 Å². The van der Waals surface area contributed by atoms with Crippen molar-refractivity contribution in [2.45, 2.75) is 31.3 Å². The fourth-order valence-corrected chi connectivity index (χ4v) is 2.92. The van der Waals surface area contributed by atoms with E-state index in [1.807, 2.05) is 13.8 Å². The number of nitrogens with zero attached hydrogens (tertiary/aromatic N) is 1. The van der Waals surface area contributed by atoms with E-state index in [-0.39, 0.29) is 24.7 Å². The van der Waals surface area contributed by atoms with Crippen LogP contribution in [0.25, 0.3) is 0 Å². The van der Waals surface area contributed by atoms with Gasteiger partial charge in [0, 0.05) is 31.7 Å². The molecule has 118 valence electrons. The summed E-state index contributed by atoms with van der Waals surface area (Å²) in [4.78, 5) is -0.534. The Kier molecular flexibility index (Phi) is 6.00. The summed E-state index contributed by atoms with van der Waals surface area (Å²) in [6.07, 6.45) is 1.39. The van der Waals surface area contributed by atoms with E-state index in [4.69, 9.17) is 0 Å². The van der Waals surface area contributed by atoms with Crippen LogP contribution < -0.4 is 5.32 Å². The summed E-state index contributed by atoms with van der Waals surface area (Å²) in [6, 6.07) is 1.93. The lowest BCUT2D eigenvalue weighted by atomic mass is 10.2. The van der Waals surface area contributed by atoms with Gasteiger partial charge < -0.3 is 5.32 Å². The quantitative estimate of drug-likeness (QED) is 0.785. The fourth-order valence-electron chi connectivity index (χ4n) is 1.69. The molecule has 0 aliphatic carbocycles. The second-order valence-corrected chi connectivity index (χ2v) is 6.96. The van der Waals surface area contributed by atoms with E-state index in [1.54, 1.807) is 0 Å². The van der Waals surface area contributed by atoms with E-state index in [1.165, 1.54) is 13.1 Å². The van der Waals surface area contributed by atoms with Crippen molar-refractivity contribution < 1.29 is 17.2 Å². The zero-order valence-electron chi connectivity index (χ0n) is 12.4. The number of hydrogen-bond acceptors (Lipinski definition) is 3. The molecule has 0 spiro atoms. The van der Waals surface area contributed by atoms with E-state index in [2.05, 4.69) is 11.9 Å². The molecular formula is C14H20F2N2O2S. The number of rotatable bonds is 7. The van der Waals surface area contributed by atoms with Gasteiger partial charge in [-0.3, -0.25) is 0 Å². The highest BCUT2D eigenvalue weighted by atomic mass is 32.2. The Labute approximate surface area is 124 Å². The van der Waals surface area contributed by atoms with Gasteiger partial charge in [0.25, 0.3) is 0 Å². The monoisotopic (exact) mass is 318 g/mol. The molecule has 1 N–H and O–H groups in total. The van der Waals surface area contributed by atoms with Crippen molar-refractivity contribution in [1.82, 2.24) is 9.62 Å². The Hall–Kier alpha value is -1.31. The lowest BCUT2D eigenvalue weighted by molar-refractivity contribution is 0.475. The van der Waals surface area contributed by atoms with Crippen molar-refractivity contribution >= 4 is 10.0 Å². The van der Waals surface area contributed by atoms with Gasteiger partial charge in [-0.2, -0.15) is 4.31 Å². The highest BCUT2D eigenvalue weighted by Gasteiger charge is 2.26. The van der Waals surface area contributed by atoms with Crippen LogP contribution in [0.1, 0.15) is 19.4 Å². The normalized spacial score (nSPS) is 12.1. The maximum atomic E-state index is 14.4. The smallest absolute Gasteiger partial charge is 0.246 e. The van der Waals surface area contributed by atoms with Crippen LogP contribution >= 0.6 is 0 Å². The number of nitrogens with one attached hydrogen (secondary N) is 1. The minimum atomic E-state index is -4.02. The number of hydrogen-bond donors (Lipinski definition) is 1. The van der Waals surface area contributed by atoms with Gasteiger partial charge in [-0.25, -0.2) is 17.2 Å². The first kappa shape index (κ1) is 17.7. The van der Waals surface area contributed by atoms with Gasteiger partial charge in [0.1, 0.15) is 10.7 Å². The highest BCUT2D eigenvalue weighted by Crippen LogP contribution is 2.23. The number of likely N-dealkylation sites (N-methyl/N-ethyl adjacent to an activating group) is 1. The topological polar surface area (TPSA) is 49.4 Å². The molecule has 0 saturated carbocycles. The third-order valence-electron chi connectivity index (χ3n) is 2.91. The van der Waals surface area contributed by atoms with Crippen LogP contribution in [0.5, 0.6) is 0 Å². The summed E-state index contributed by atoms with van der Waals surface area (Å²) in [5, 5.41) is 2.87. The van der Waals surface area contributed by atoms with E-state index < -0.39 is 26.6 Å². The van der Waals surface area contributed by atoms with Gasteiger partial charge in [0.15, 0.2) is 5.82 Å². The molecule has 0 bridgehead atoms. The number of halogens is 2. The van der Waals surface area contributed by atoms with Crippen LogP contribution in [0.2, 0.25) is 0 Å². The predicted octanol–water partition coefficient (Wildman–Crippen LogP) is 2.27. The van der Waals surface area contributed by atoms with E-state index in [9.17, 15) is 17.2 Å². The van der Waals surface area contributed by atoms with Crippen LogP contribution in [0, 0.1) is 11.6 Å². The average Bonchev–Trinajstić information content (AvgIpc) is 2.38. The molecule has 4 nitrogen and oxygen atoms in total. The van der Waals surface area contributed by atoms with Crippen molar-refractivity contribution in [3.05, 3.63) is 42.0 Å². The first-order chi connectivity index (χ1) is 9.71. The molecule has 21 heavy (non-hydrogen) atoms. The first-order valence-electron chi connectivity index (χ1n) is 6.49. The molecule has 7 heteroatoms. The van der Waals surface area contributed by atoms with Crippen molar-refractivity contribution in [1.29, 1.82) is 0 Å². The maximum Gasteiger partial charge on any atom is 0.246 e. The van der Waals surface area contributed by atoms with Crippen molar-refractivity contribution in [3.63, 3.8) is 0 Å². The molecule has 1 aromatic carbocycles. The van der Waals surface area contributed by atoms with Crippen molar-refractivity contribution in [3.8, 4) is 0 Å². The van der Waals surface area contributed by atoms with Crippen LogP contribution in [-0.4, -0.2) is 32.4 Å². The van der Waals surface area contributed by atoms with Crippen LogP contribution in [-0.2, 0) is 16.6 Å². The van der Waals surface area contributed by atoms with Gasteiger partial charge in [0.2, 0.25) is 10.0 Å². The second kappa shape index (κ2) is 7.11. The maximum absolute atomic E-state index is 14.4. The zero-order valence-corrected chi connectivity index (χ0v) is 13.2. The Bertz CT molecular complexity index is 616. The van der Waals surface area contributed by atoms with Crippen LogP contribution in [0.15, 0.2) is 29.7 Å². The van der Waals surface area contributed by atoms with Gasteiger partial charge in [-0.15, -0.1) is 6.58 Å². The Balaban J connectivity index is 3.27. The molecule has 0 atom stereocenters. The van der Waals surface area contributed by atoms with Gasteiger partial charge in [-0.1, -0.05) is 19.9 Å². The summed E-state index contributed by atoms with van der Waals surface area (Å²) in [7, 11) is -2.71. The molecular weight excluding hydrogens is 298 g/mol. The van der Waals surface area contributed by atoms with Crippen molar-refractivity contribution in [2.75, 3.05) is 13.6 Å². The molecule has 1 aromatic rings. The summed E-state index contributed by atoms with van der Waals surface area (Å²) >= 11 is 0. The molecule has 1 rings (SSSR count). The fraction of sp³-hybridized carbons (Fsp3) is 0.429. The average molecular weight is 318 g/mol. The largest absolute Gasteiger partial charge is 0.310 e. The summed E-state index contributed by atoms with van der Waals surface area (Å²) < 4.78 is 53.5. The Morgan fingerprint density at radius 1 is 1.38 bits per heavy atom. The van der Waals surface area contributed by atoms with E-state index in [0.717, 1.165) is 16.4 Å². The molecule has 0 radical (unpaired) electrons. The molecule has 0 saturated heterocycles. The van der Waals surface area contributed by atoms with Gasteiger partial charge in [0.05, 0.1) is 0 Å². The summed E-state index contributed by atoms with van der Waals surface area (Å²) in [6.45, 7) is 7.06. The SMILES string of the molecule is C=CCN(C)S(=O)(=O)c1ccc(F)c(CNC(C)C)c1F. The summed E-state index contributed by atoms with van der Waals surface area (Å²) in [5.74, 6) is -1.83. The molecule has 0 heterocycles. The highest BCUT2D eigenvalue weighted by molar-refractivity contribution is 7.89. The van der Waals surface area contributed by atoms with Gasteiger partial charge in [-0.05, 0) is 12.1 Å². The first-order valence-corrected chi connectivity index (χ1v) is 7.93. The van der Waals surface area contributed by atoms with E-state index in [0.29, 0.717) is 0 Å². The summed E-state index contributed by atoms with van der Waals surface area (Å²) in [5.41, 5.74) is -0.281. The lowest BCUT2D eigenvalue weighted by Crippen LogP contribution is -2.29. The molecule has 0 aromatic heterocycles. The molecule has 0 aliphatic rings. The minimum Gasteiger partial charge on any atom is -0.310 e. The molecule has 0 fully saturated rings. The minimum absolute atomic E-state index is 0.0208. The van der Waals surface area contributed by atoms with Crippen molar-refractivity contribution in [2.24, 2.45) is 0 Å². The zero-order chi connectivity index (χ0) is 16.2. The Morgan fingerprint density at radius 3 is 2.52 bits per heavy atom. The number of sulfonamides is 1. The third kappa shape index (κ3) is 4.09. The Morgan fingerprint density at radius 2 is 2.00 bits per heavy atom. The second-order valence-electron chi connectivity index (χ2n) is 4.95. The number of benzene rings is 1. The predicted molar refractivity (Wildman–Crippen MR) is 78.3 cm³/mol. The lowest BCUT2D eigenvalue weighted by Gasteiger charge is -2.17. The van der Waals surface area contributed by atoms with Crippen LogP contribution in [0.3, 0.4) is 0 Å².